The summed E-state index contributed by atoms with van der Waals surface area (Å²) in [5, 5.41) is 9.02. The van der Waals surface area contributed by atoms with Crippen LogP contribution in [0.1, 0.15) is 34.6 Å². The summed E-state index contributed by atoms with van der Waals surface area (Å²) in [4.78, 5) is 0. The van der Waals surface area contributed by atoms with E-state index in [1.165, 1.54) is 0 Å². The summed E-state index contributed by atoms with van der Waals surface area (Å²) in [6.07, 6.45) is 0. The van der Waals surface area contributed by atoms with E-state index in [0.29, 0.717) is 12.3 Å². The maximum Gasteiger partial charge on any atom is 0.0496 e. The van der Waals surface area contributed by atoms with Crippen LogP contribution in [0.25, 0.3) is 0 Å². The lowest BCUT2D eigenvalue weighted by atomic mass is 10.5. The van der Waals surface area contributed by atoms with Crippen molar-refractivity contribution in [1.29, 1.82) is 0 Å². The van der Waals surface area contributed by atoms with Crippen LogP contribution in [-0.2, 0) is 0 Å². The van der Waals surface area contributed by atoms with Crippen LogP contribution in [0.3, 0.4) is 0 Å². The first-order chi connectivity index (χ1) is 5.00. The molecule has 1 atom stereocenters. The fraction of sp³-hybridized carbons (Fsp3) is 1.00. The van der Waals surface area contributed by atoms with E-state index in [2.05, 4.69) is 34.6 Å². The molecular formula is C9H21OP. The van der Waals surface area contributed by atoms with Gasteiger partial charge in [-0.25, -0.2) is 0 Å². The predicted octanol–water partition coefficient (Wildman–Crippen LogP) is 2.67. The van der Waals surface area contributed by atoms with Crippen molar-refractivity contribution in [3.05, 3.63) is 0 Å². The summed E-state index contributed by atoms with van der Waals surface area (Å²) in [6, 6.07) is 0. The molecule has 0 spiro atoms. The molecule has 0 rings (SSSR count). The second-order valence-electron chi connectivity index (χ2n) is 3.67. The predicted molar refractivity (Wildman–Crippen MR) is 53.7 cm³/mol. The molecule has 68 valence electrons. The molecule has 2 heteroatoms. The topological polar surface area (TPSA) is 20.2 Å². The molecule has 11 heavy (non-hydrogen) atoms. The van der Waals surface area contributed by atoms with Gasteiger partial charge in [0.1, 0.15) is 0 Å². The fourth-order valence-corrected chi connectivity index (χ4v) is 5.13. The third-order valence-electron chi connectivity index (χ3n) is 1.97. The van der Waals surface area contributed by atoms with Crippen molar-refractivity contribution in [3.8, 4) is 0 Å². The highest BCUT2D eigenvalue weighted by Gasteiger charge is 2.22. The van der Waals surface area contributed by atoms with E-state index in [0.717, 1.165) is 11.3 Å². The van der Waals surface area contributed by atoms with Gasteiger partial charge in [-0.2, -0.15) is 0 Å². The first-order valence-corrected chi connectivity index (χ1v) is 5.94. The van der Waals surface area contributed by atoms with E-state index in [-0.39, 0.29) is 7.92 Å². The molecule has 0 saturated heterocycles. The molecule has 0 aliphatic rings. The Hall–Kier alpha value is 0.390. The molecular weight excluding hydrogens is 155 g/mol. The van der Waals surface area contributed by atoms with Gasteiger partial charge in [0.25, 0.3) is 0 Å². The second kappa shape index (κ2) is 5.11. The summed E-state index contributed by atoms with van der Waals surface area (Å²) in [5.74, 6) is 0. The number of aliphatic hydroxyl groups excluding tert-OH is 1. The molecule has 0 aliphatic carbocycles. The van der Waals surface area contributed by atoms with E-state index in [9.17, 15) is 0 Å². The maximum atomic E-state index is 9.02. The lowest BCUT2D eigenvalue weighted by Gasteiger charge is -2.30. The van der Waals surface area contributed by atoms with Crippen LogP contribution in [0.4, 0.5) is 0 Å². The summed E-state index contributed by atoms with van der Waals surface area (Å²) in [6.45, 7) is 11.6. The molecule has 1 nitrogen and oxygen atoms in total. The van der Waals surface area contributed by atoms with Crippen LogP contribution >= 0.6 is 7.92 Å². The molecule has 0 saturated carbocycles. The number of hydrogen-bond acceptors (Lipinski definition) is 1. The van der Waals surface area contributed by atoms with Crippen LogP contribution in [0.15, 0.2) is 0 Å². The lowest BCUT2D eigenvalue weighted by Crippen LogP contribution is -2.17. The lowest BCUT2D eigenvalue weighted by molar-refractivity contribution is 0.297. The smallest absolute Gasteiger partial charge is 0.0496 e. The maximum absolute atomic E-state index is 9.02. The van der Waals surface area contributed by atoms with E-state index >= 15 is 0 Å². The molecule has 0 aromatic rings. The standard InChI is InChI=1S/C9H21OP/c1-7(2)11(8(3)4)9(5)6-10/h7-10H,6H2,1-5H3/t9-/m1/s1. The quantitative estimate of drug-likeness (QED) is 0.653. The van der Waals surface area contributed by atoms with Gasteiger partial charge in [0.2, 0.25) is 0 Å². The van der Waals surface area contributed by atoms with Crippen LogP contribution < -0.4 is 0 Å². The highest BCUT2D eigenvalue weighted by atomic mass is 31.1. The average Bonchev–Trinajstić information content (AvgIpc) is 1.85. The summed E-state index contributed by atoms with van der Waals surface area (Å²) in [5.41, 5.74) is 1.99. The van der Waals surface area contributed by atoms with Gasteiger partial charge >= 0.3 is 0 Å². The van der Waals surface area contributed by atoms with Crippen molar-refractivity contribution < 1.29 is 5.11 Å². The normalized spacial score (nSPS) is 15.0. The SMILES string of the molecule is CC(C)P(C(C)C)[C@H](C)CO. The Morgan fingerprint density at radius 3 is 1.45 bits per heavy atom. The van der Waals surface area contributed by atoms with E-state index < -0.39 is 0 Å². The molecule has 0 fully saturated rings. The van der Waals surface area contributed by atoms with Gasteiger partial charge in [-0.3, -0.25) is 0 Å². The Kier molecular flexibility index (Phi) is 5.29. The monoisotopic (exact) mass is 176 g/mol. The summed E-state index contributed by atoms with van der Waals surface area (Å²) >= 11 is 0. The molecule has 0 aromatic heterocycles. The molecule has 0 radical (unpaired) electrons. The summed E-state index contributed by atoms with van der Waals surface area (Å²) < 4.78 is 0. The van der Waals surface area contributed by atoms with Crippen LogP contribution in [0.5, 0.6) is 0 Å². The Labute approximate surface area is 72.0 Å². The minimum absolute atomic E-state index is 0.0100. The Balaban J connectivity index is 4.09. The van der Waals surface area contributed by atoms with Gasteiger partial charge in [0, 0.05) is 6.61 Å². The molecule has 0 bridgehead atoms. The first-order valence-electron chi connectivity index (χ1n) is 4.39. The van der Waals surface area contributed by atoms with Crippen molar-refractivity contribution >= 4 is 7.92 Å². The zero-order valence-electron chi connectivity index (χ0n) is 8.33. The van der Waals surface area contributed by atoms with Gasteiger partial charge in [-0.05, 0) is 17.0 Å². The second-order valence-corrected chi connectivity index (χ2v) is 7.51. The van der Waals surface area contributed by atoms with Gasteiger partial charge in [0.15, 0.2) is 0 Å². The first kappa shape index (κ1) is 11.4. The molecule has 0 amide bonds. The Bertz CT molecular complexity index is 93.7. The minimum atomic E-state index is 0.0100. The highest BCUT2D eigenvalue weighted by Crippen LogP contribution is 2.49. The number of hydrogen-bond donors (Lipinski definition) is 1. The van der Waals surface area contributed by atoms with Crippen molar-refractivity contribution in [2.45, 2.75) is 51.6 Å². The number of rotatable bonds is 4. The molecule has 0 heterocycles. The zero-order valence-corrected chi connectivity index (χ0v) is 9.23. The van der Waals surface area contributed by atoms with Gasteiger partial charge in [0.05, 0.1) is 0 Å². The average molecular weight is 176 g/mol. The molecule has 0 aromatic carbocycles. The zero-order chi connectivity index (χ0) is 9.02. The van der Waals surface area contributed by atoms with Crippen molar-refractivity contribution in [2.75, 3.05) is 6.61 Å². The number of aliphatic hydroxyl groups is 1. The fourth-order valence-electron chi connectivity index (χ4n) is 1.71. The molecule has 0 aliphatic heterocycles. The van der Waals surface area contributed by atoms with Crippen molar-refractivity contribution in [1.82, 2.24) is 0 Å². The van der Waals surface area contributed by atoms with Crippen molar-refractivity contribution in [2.24, 2.45) is 0 Å². The summed E-state index contributed by atoms with van der Waals surface area (Å²) in [7, 11) is 0.0100. The third kappa shape index (κ3) is 3.53. The molecule has 0 unspecified atom stereocenters. The van der Waals surface area contributed by atoms with Crippen LogP contribution in [-0.4, -0.2) is 28.7 Å². The van der Waals surface area contributed by atoms with E-state index in [1.807, 2.05) is 0 Å². The van der Waals surface area contributed by atoms with E-state index in [1.54, 1.807) is 0 Å². The van der Waals surface area contributed by atoms with Crippen molar-refractivity contribution in [3.63, 3.8) is 0 Å². The van der Waals surface area contributed by atoms with E-state index in [4.69, 9.17) is 5.11 Å². The Morgan fingerprint density at radius 2 is 1.36 bits per heavy atom. The molecule has 1 N–H and O–H groups in total. The van der Waals surface area contributed by atoms with Crippen LogP contribution in [0.2, 0.25) is 0 Å². The minimum Gasteiger partial charge on any atom is -0.396 e. The largest absolute Gasteiger partial charge is 0.396 e. The Morgan fingerprint density at radius 1 is 1.00 bits per heavy atom. The van der Waals surface area contributed by atoms with Gasteiger partial charge in [-0.15, -0.1) is 0 Å². The van der Waals surface area contributed by atoms with Gasteiger partial charge in [-0.1, -0.05) is 42.5 Å². The van der Waals surface area contributed by atoms with Crippen LogP contribution in [0, 0.1) is 0 Å². The third-order valence-corrected chi connectivity index (χ3v) is 5.53. The highest BCUT2D eigenvalue weighted by molar-refractivity contribution is 7.59. The van der Waals surface area contributed by atoms with Gasteiger partial charge < -0.3 is 5.11 Å².